The number of nitrogens with one attached hydrogen (secondary N) is 2. The number of nitrogens with two attached hydrogens (primary N) is 1. The quantitative estimate of drug-likeness (QED) is 0.220. The predicted octanol–water partition coefficient (Wildman–Crippen LogP) is 3.35. The topological polar surface area (TPSA) is 127 Å². The van der Waals surface area contributed by atoms with Gasteiger partial charge in [0.25, 0.3) is 5.91 Å². The largest absolute Gasteiger partial charge is 0.468 e. The van der Waals surface area contributed by atoms with Crippen LogP contribution in [0.15, 0.2) is 71.1 Å². The molecule has 1 heterocycles. The summed E-state index contributed by atoms with van der Waals surface area (Å²) in [5.74, 6) is -0.987. The second kappa shape index (κ2) is 10.7. The summed E-state index contributed by atoms with van der Waals surface area (Å²) in [7, 11) is 2.77. The zero-order chi connectivity index (χ0) is 25.8. The van der Waals surface area contributed by atoms with Crippen molar-refractivity contribution in [3.63, 3.8) is 0 Å². The molecule has 36 heavy (non-hydrogen) atoms. The fourth-order valence-electron chi connectivity index (χ4n) is 3.99. The standard InChI is InChI=1S/C27H26FN3O5/c1-30-26(33)23-20-13-17(8-11-22(20)36-24(23)15-6-9-19(28)10-7-15)16-4-3-5-18(12-16)25(29)31-21(14-32)27(34)35-2/h3-13,21,25,31-32H,14,29H2,1-2H3,(H,30,33)/t21-,25?/m1/s1. The van der Waals surface area contributed by atoms with Gasteiger partial charge in [-0.05, 0) is 59.2 Å². The molecule has 1 aromatic heterocycles. The molecular formula is C27H26FN3O5. The van der Waals surface area contributed by atoms with Crippen LogP contribution in [0.4, 0.5) is 4.39 Å². The Kier molecular flexibility index (Phi) is 7.44. The lowest BCUT2D eigenvalue weighted by atomic mass is 9.98. The molecule has 186 valence electrons. The van der Waals surface area contributed by atoms with E-state index in [4.69, 9.17) is 10.2 Å². The van der Waals surface area contributed by atoms with Crippen LogP contribution < -0.4 is 16.4 Å². The number of amides is 1. The summed E-state index contributed by atoms with van der Waals surface area (Å²) >= 11 is 0. The Morgan fingerprint density at radius 3 is 2.42 bits per heavy atom. The summed E-state index contributed by atoms with van der Waals surface area (Å²) in [6.45, 7) is -0.462. The number of carbonyl (C=O) groups excluding carboxylic acids is 2. The summed E-state index contributed by atoms with van der Waals surface area (Å²) < 4.78 is 24.1. The fourth-order valence-corrected chi connectivity index (χ4v) is 3.99. The van der Waals surface area contributed by atoms with Crippen molar-refractivity contribution in [3.8, 4) is 22.5 Å². The molecule has 4 aromatic rings. The molecule has 5 N–H and O–H groups in total. The highest BCUT2D eigenvalue weighted by Crippen LogP contribution is 2.36. The second-order valence-corrected chi connectivity index (χ2v) is 8.13. The van der Waals surface area contributed by atoms with Crippen molar-refractivity contribution in [2.24, 2.45) is 5.73 Å². The summed E-state index contributed by atoms with van der Waals surface area (Å²) in [5, 5.41) is 15.6. The lowest BCUT2D eigenvalue weighted by molar-refractivity contribution is -0.144. The third-order valence-corrected chi connectivity index (χ3v) is 5.88. The molecule has 0 radical (unpaired) electrons. The molecule has 0 saturated heterocycles. The zero-order valence-electron chi connectivity index (χ0n) is 19.7. The minimum absolute atomic E-state index is 0.331. The van der Waals surface area contributed by atoms with Crippen LogP contribution in [0.25, 0.3) is 33.4 Å². The maximum absolute atomic E-state index is 13.5. The average molecular weight is 492 g/mol. The van der Waals surface area contributed by atoms with Crippen molar-refractivity contribution in [3.05, 3.63) is 83.7 Å². The molecule has 0 aliphatic rings. The highest BCUT2D eigenvalue weighted by Gasteiger charge is 2.23. The first-order valence-electron chi connectivity index (χ1n) is 11.2. The normalized spacial score (nSPS) is 12.8. The molecule has 0 spiro atoms. The Balaban J connectivity index is 1.73. The smallest absolute Gasteiger partial charge is 0.325 e. The molecular weight excluding hydrogens is 465 g/mol. The Morgan fingerprint density at radius 2 is 1.75 bits per heavy atom. The van der Waals surface area contributed by atoms with Gasteiger partial charge >= 0.3 is 5.97 Å². The first-order valence-corrected chi connectivity index (χ1v) is 11.2. The number of esters is 1. The monoisotopic (exact) mass is 491 g/mol. The molecule has 0 saturated carbocycles. The van der Waals surface area contributed by atoms with Crippen LogP contribution in [0.1, 0.15) is 22.1 Å². The highest BCUT2D eigenvalue weighted by molar-refractivity contribution is 6.11. The van der Waals surface area contributed by atoms with Gasteiger partial charge in [-0.15, -0.1) is 0 Å². The number of ether oxygens (including phenoxy) is 1. The van der Waals surface area contributed by atoms with Crippen LogP contribution in [-0.2, 0) is 9.53 Å². The molecule has 4 rings (SSSR count). The van der Waals surface area contributed by atoms with Crippen LogP contribution in [-0.4, -0.2) is 43.8 Å². The Bertz CT molecular complexity index is 1400. The van der Waals surface area contributed by atoms with Crippen LogP contribution >= 0.6 is 0 Å². The second-order valence-electron chi connectivity index (χ2n) is 8.13. The van der Waals surface area contributed by atoms with Crippen LogP contribution in [0.3, 0.4) is 0 Å². The van der Waals surface area contributed by atoms with Gasteiger partial charge in [-0.3, -0.25) is 14.9 Å². The maximum atomic E-state index is 13.5. The zero-order valence-corrected chi connectivity index (χ0v) is 19.7. The Labute approximate surface area is 206 Å². The Hall–Kier alpha value is -4.05. The number of hydrogen-bond acceptors (Lipinski definition) is 7. The van der Waals surface area contributed by atoms with E-state index in [2.05, 4.69) is 15.4 Å². The minimum atomic E-state index is -0.962. The molecule has 8 nitrogen and oxygen atoms in total. The molecule has 0 fully saturated rings. The summed E-state index contributed by atoms with van der Waals surface area (Å²) in [4.78, 5) is 24.6. The average Bonchev–Trinajstić information content (AvgIpc) is 3.30. The van der Waals surface area contributed by atoms with E-state index < -0.39 is 24.8 Å². The van der Waals surface area contributed by atoms with Gasteiger partial charge in [-0.1, -0.05) is 24.3 Å². The van der Waals surface area contributed by atoms with E-state index in [0.717, 1.165) is 11.1 Å². The summed E-state index contributed by atoms with van der Waals surface area (Å²) in [5.41, 5.74) is 9.98. The highest BCUT2D eigenvalue weighted by atomic mass is 19.1. The number of carbonyl (C=O) groups is 2. The molecule has 2 atom stereocenters. The molecule has 3 aromatic carbocycles. The first kappa shape index (κ1) is 25.1. The van der Waals surface area contributed by atoms with Crippen molar-refractivity contribution in [2.75, 3.05) is 20.8 Å². The van der Waals surface area contributed by atoms with Crippen LogP contribution in [0, 0.1) is 5.82 Å². The maximum Gasteiger partial charge on any atom is 0.325 e. The van der Waals surface area contributed by atoms with E-state index in [1.54, 1.807) is 24.3 Å². The van der Waals surface area contributed by atoms with Crippen molar-refractivity contribution in [2.45, 2.75) is 12.2 Å². The van der Waals surface area contributed by atoms with Crippen molar-refractivity contribution >= 4 is 22.8 Å². The number of rotatable bonds is 8. The van der Waals surface area contributed by atoms with Crippen LogP contribution in [0.2, 0.25) is 0 Å². The SMILES string of the molecule is CNC(=O)c1c(-c2ccc(F)cc2)oc2ccc(-c3cccc(C(N)N[C@H](CO)C(=O)OC)c3)cc12. The number of fused-ring (bicyclic) bond motifs is 1. The minimum Gasteiger partial charge on any atom is -0.468 e. The number of aliphatic hydroxyl groups is 1. The van der Waals surface area contributed by atoms with Gasteiger partial charge in [-0.2, -0.15) is 0 Å². The molecule has 1 amide bonds. The third-order valence-electron chi connectivity index (χ3n) is 5.88. The Morgan fingerprint density at radius 1 is 1.06 bits per heavy atom. The number of hydrogen-bond donors (Lipinski definition) is 4. The fraction of sp³-hybridized carbons (Fsp3) is 0.185. The van der Waals surface area contributed by atoms with Crippen molar-refractivity contribution in [1.82, 2.24) is 10.6 Å². The van der Waals surface area contributed by atoms with E-state index in [1.807, 2.05) is 30.3 Å². The third kappa shape index (κ3) is 4.99. The van der Waals surface area contributed by atoms with Gasteiger partial charge < -0.3 is 25.3 Å². The van der Waals surface area contributed by atoms with Gasteiger partial charge in [0.2, 0.25) is 0 Å². The van der Waals surface area contributed by atoms with Gasteiger partial charge in [0.1, 0.15) is 23.2 Å². The van der Waals surface area contributed by atoms with E-state index in [1.165, 1.54) is 26.3 Å². The van der Waals surface area contributed by atoms with Crippen LogP contribution in [0.5, 0.6) is 0 Å². The summed E-state index contributed by atoms with van der Waals surface area (Å²) in [6, 6.07) is 17.6. The van der Waals surface area contributed by atoms with E-state index in [0.29, 0.717) is 33.4 Å². The number of halogens is 1. The van der Waals surface area contributed by atoms with E-state index >= 15 is 0 Å². The lowest BCUT2D eigenvalue weighted by Crippen LogP contribution is -2.45. The van der Waals surface area contributed by atoms with Gasteiger partial charge in [0.05, 0.1) is 25.4 Å². The number of aliphatic hydroxyl groups excluding tert-OH is 1. The van der Waals surface area contributed by atoms with Crippen molar-refractivity contribution in [1.29, 1.82) is 0 Å². The predicted molar refractivity (Wildman–Crippen MR) is 133 cm³/mol. The number of benzene rings is 3. The van der Waals surface area contributed by atoms with E-state index in [-0.39, 0.29) is 11.7 Å². The van der Waals surface area contributed by atoms with E-state index in [9.17, 15) is 19.1 Å². The molecule has 0 bridgehead atoms. The lowest BCUT2D eigenvalue weighted by Gasteiger charge is -2.20. The van der Waals surface area contributed by atoms with Gasteiger partial charge in [0, 0.05) is 18.0 Å². The first-order chi connectivity index (χ1) is 17.4. The van der Waals surface area contributed by atoms with Crippen molar-refractivity contribution < 1.29 is 28.2 Å². The van der Waals surface area contributed by atoms with Gasteiger partial charge in [-0.25, -0.2) is 4.39 Å². The van der Waals surface area contributed by atoms with Gasteiger partial charge in [0.15, 0.2) is 0 Å². The molecule has 1 unspecified atom stereocenters. The molecule has 0 aliphatic carbocycles. The summed E-state index contributed by atoms with van der Waals surface area (Å²) in [6.07, 6.45) is -0.745. The molecule has 9 heteroatoms. The molecule has 0 aliphatic heterocycles. The number of methoxy groups -OCH3 is 1. The number of furan rings is 1.